The number of likely N-dealkylation sites (N-methyl/N-ethyl adjacent to an activating group) is 1. The van der Waals surface area contributed by atoms with Gasteiger partial charge in [-0.3, -0.25) is 4.90 Å². The Hall–Kier alpha value is -1.87. The molecule has 1 unspecified atom stereocenters. The molecule has 0 fully saturated rings. The molecule has 1 aliphatic rings. The largest absolute Gasteiger partial charge is 0.496 e. The van der Waals surface area contributed by atoms with Gasteiger partial charge in [0.05, 0.1) is 18.7 Å². The standard InChI is InChI=1S/C16H18ClN3O/c1-3-21-16-10-14(19-18)13(17)9-15(16)20(2)11-12-7-5-4-6-8-12/h4-10,15H,3,11H2,1-2H3. The summed E-state index contributed by atoms with van der Waals surface area (Å²) in [5.41, 5.74) is 10.5. The van der Waals surface area contributed by atoms with E-state index in [1.54, 1.807) is 6.08 Å². The third kappa shape index (κ3) is 3.82. The number of ether oxygens (including phenoxy) is 1. The fraction of sp³-hybridized carbons (Fsp3) is 0.312. The summed E-state index contributed by atoms with van der Waals surface area (Å²) >= 11 is 6.13. The lowest BCUT2D eigenvalue weighted by Gasteiger charge is -2.29. The predicted molar refractivity (Wildman–Crippen MR) is 84.0 cm³/mol. The van der Waals surface area contributed by atoms with Crippen molar-refractivity contribution in [2.45, 2.75) is 19.5 Å². The van der Waals surface area contributed by atoms with Gasteiger partial charge in [-0.15, -0.1) is 0 Å². The van der Waals surface area contributed by atoms with Crippen LogP contribution in [0.4, 0.5) is 0 Å². The highest BCUT2D eigenvalue weighted by atomic mass is 35.5. The van der Waals surface area contributed by atoms with E-state index in [1.807, 2.05) is 38.2 Å². The summed E-state index contributed by atoms with van der Waals surface area (Å²) in [4.78, 5) is 5.31. The van der Waals surface area contributed by atoms with Crippen molar-refractivity contribution in [2.24, 2.45) is 0 Å². The zero-order chi connectivity index (χ0) is 15.2. The molecule has 0 bridgehead atoms. The summed E-state index contributed by atoms with van der Waals surface area (Å²) in [6.07, 6.45) is 3.52. The lowest BCUT2D eigenvalue weighted by molar-refractivity contribution is -0.00277. The highest BCUT2D eigenvalue weighted by Crippen LogP contribution is 2.23. The molecule has 0 heterocycles. The Morgan fingerprint density at radius 2 is 2.05 bits per heavy atom. The van der Waals surface area contributed by atoms with E-state index in [1.165, 1.54) is 5.56 Å². The quantitative estimate of drug-likeness (QED) is 0.619. The first-order valence-corrected chi connectivity index (χ1v) is 7.21. The molecule has 1 aliphatic carbocycles. The van der Waals surface area contributed by atoms with Crippen LogP contribution in [0.25, 0.3) is 5.53 Å². The molecule has 0 saturated heterocycles. The molecule has 5 heteroatoms. The molecule has 2 rings (SSSR count). The normalized spacial score (nSPS) is 18.1. The number of hydrogen-bond donors (Lipinski definition) is 0. The first-order valence-electron chi connectivity index (χ1n) is 6.84. The summed E-state index contributed by atoms with van der Waals surface area (Å²) < 4.78 is 5.66. The number of allylic oxidation sites excluding steroid dienone is 2. The molecule has 0 amide bonds. The maximum Gasteiger partial charge on any atom is 0.336 e. The van der Waals surface area contributed by atoms with E-state index in [0.717, 1.165) is 12.3 Å². The van der Waals surface area contributed by atoms with Gasteiger partial charge in [-0.25, -0.2) is 0 Å². The minimum absolute atomic E-state index is 0.0804. The van der Waals surface area contributed by atoms with Crippen molar-refractivity contribution in [3.05, 3.63) is 64.4 Å². The molecular weight excluding hydrogens is 286 g/mol. The smallest absolute Gasteiger partial charge is 0.336 e. The lowest BCUT2D eigenvalue weighted by atomic mass is 10.0. The van der Waals surface area contributed by atoms with Crippen LogP contribution in [0.1, 0.15) is 12.5 Å². The van der Waals surface area contributed by atoms with Crippen molar-refractivity contribution < 1.29 is 9.53 Å². The molecule has 21 heavy (non-hydrogen) atoms. The topological polar surface area (TPSA) is 48.9 Å². The van der Waals surface area contributed by atoms with Gasteiger partial charge in [-0.05, 0) is 25.6 Å². The van der Waals surface area contributed by atoms with E-state index in [9.17, 15) is 0 Å². The van der Waals surface area contributed by atoms with Crippen molar-refractivity contribution in [3.8, 4) is 0 Å². The maximum atomic E-state index is 8.96. The number of rotatable bonds is 5. The van der Waals surface area contributed by atoms with Crippen LogP contribution >= 0.6 is 11.6 Å². The van der Waals surface area contributed by atoms with Crippen LogP contribution in [0.3, 0.4) is 0 Å². The van der Waals surface area contributed by atoms with Gasteiger partial charge >= 0.3 is 5.71 Å². The first kappa shape index (κ1) is 15.5. The predicted octanol–water partition coefficient (Wildman–Crippen LogP) is 3.21. The van der Waals surface area contributed by atoms with E-state index in [-0.39, 0.29) is 6.04 Å². The number of benzene rings is 1. The minimum Gasteiger partial charge on any atom is -0.496 e. The molecule has 1 atom stereocenters. The SMILES string of the molecule is CCOC1=CC(=[N+]=[N-])C(Cl)=CC1N(C)Cc1ccccc1. The third-order valence-electron chi connectivity index (χ3n) is 3.29. The van der Waals surface area contributed by atoms with Crippen LogP contribution in [0.2, 0.25) is 0 Å². The zero-order valence-electron chi connectivity index (χ0n) is 12.2. The molecule has 0 N–H and O–H groups in total. The van der Waals surface area contributed by atoms with Gasteiger partial charge < -0.3 is 10.3 Å². The van der Waals surface area contributed by atoms with Gasteiger partial charge in [0.15, 0.2) is 0 Å². The van der Waals surface area contributed by atoms with Crippen LogP contribution in [-0.4, -0.2) is 35.1 Å². The number of halogens is 1. The van der Waals surface area contributed by atoms with Crippen molar-refractivity contribution >= 4 is 17.3 Å². The maximum absolute atomic E-state index is 8.96. The summed E-state index contributed by atoms with van der Waals surface area (Å²) in [5.74, 6) is 0.730. The van der Waals surface area contributed by atoms with Gasteiger partial charge in [0.2, 0.25) is 0 Å². The fourth-order valence-corrected chi connectivity index (χ4v) is 2.49. The van der Waals surface area contributed by atoms with Crippen molar-refractivity contribution in [1.29, 1.82) is 0 Å². The number of nitrogens with zero attached hydrogens (tertiary/aromatic N) is 3. The summed E-state index contributed by atoms with van der Waals surface area (Å²) in [7, 11) is 2.01. The molecular formula is C16H18ClN3O. The van der Waals surface area contributed by atoms with Gasteiger partial charge in [0.25, 0.3) is 0 Å². The van der Waals surface area contributed by atoms with Crippen LogP contribution in [0, 0.1) is 0 Å². The lowest BCUT2D eigenvalue weighted by Crippen LogP contribution is -2.35. The van der Waals surface area contributed by atoms with E-state index >= 15 is 0 Å². The van der Waals surface area contributed by atoms with Gasteiger partial charge in [0.1, 0.15) is 10.8 Å². The average molecular weight is 304 g/mol. The van der Waals surface area contributed by atoms with Gasteiger partial charge in [-0.1, -0.05) is 41.9 Å². The summed E-state index contributed by atoms with van der Waals surface area (Å²) in [5, 5.41) is 0.422. The summed E-state index contributed by atoms with van der Waals surface area (Å²) in [6, 6.07) is 10.1. The minimum atomic E-state index is -0.0804. The molecule has 0 radical (unpaired) electrons. The second-order valence-electron chi connectivity index (χ2n) is 4.83. The zero-order valence-corrected chi connectivity index (χ0v) is 12.9. The molecule has 1 aromatic rings. The van der Waals surface area contributed by atoms with Crippen LogP contribution in [-0.2, 0) is 11.3 Å². The van der Waals surface area contributed by atoms with Gasteiger partial charge in [-0.2, -0.15) is 4.79 Å². The monoisotopic (exact) mass is 303 g/mol. The Morgan fingerprint density at radius 1 is 1.33 bits per heavy atom. The Morgan fingerprint density at radius 3 is 2.67 bits per heavy atom. The summed E-state index contributed by atoms with van der Waals surface area (Å²) in [6.45, 7) is 3.23. The molecule has 4 nitrogen and oxygen atoms in total. The highest BCUT2D eigenvalue weighted by molar-refractivity contribution is 6.44. The first-order chi connectivity index (χ1) is 10.2. The van der Waals surface area contributed by atoms with Gasteiger partial charge in [0, 0.05) is 6.54 Å². The van der Waals surface area contributed by atoms with E-state index in [2.05, 4.69) is 21.8 Å². The third-order valence-corrected chi connectivity index (χ3v) is 3.61. The van der Waals surface area contributed by atoms with Crippen molar-refractivity contribution in [1.82, 2.24) is 4.90 Å². The molecule has 0 aromatic heterocycles. The van der Waals surface area contributed by atoms with E-state index in [4.69, 9.17) is 21.9 Å². The molecule has 0 aliphatic heterocycles. The Labute approximate surface area is 129 Å². The van der Waals surface area contributed by atoms with Crippen molar-refractivity contribution in [3.63, 3.8) is 0 Å². The van der Waals surface area contributed by atoms with Crippen LogP contribution in [0.5, 0.6) is 0 Å². The Bertz CT molecular complexity index is 603. The molecule has 0 saturated carbocycles. The van der Waals surface area contributed by atoms with E-state index in [0.29, 0.717) is 17.4 Å². The number of hydrogen-bond acceptors (Lipinski definition) is 2. The van der Waals surface area contributed by atoms with Crippen LogP contribution < -0.4 is 0 Å². The second kappa shape index (κ2) is 7.23. The van der Waals surface area contributed by atoms with Crippen molar-refractivity contribution in [2.75, 3.05) is 13.7 Å². The molecule has 110 valence electrons. The fourth-order valence-electron chi connectivity index (χ4n) is 2.28. The average Bonchev–Trinajstić information content (AvgIpc) is 2.49. The van der Waals surface area contributed by atoms with E-state index < -0.39 is 0 Å². The second-order valence-corrected chi connectivity index (χ2v) is 5.23. The Kier molecular flexibility index (Phi) is 5.34. The molecule has 0 spiro atoms. The van der Waals surface area contributed by atoms with Crippen LogP contribution in [0.15, 0.2) is 53.3 Å². The molecule has 1 aromatic carbocycles. The Balaban J connectivity index is 2.21. The highest BCUT2D eigenvalue weighted by Gasteiger charge is 2.28.